The van der Waals surface area contributed by atoms with Crippen LogP contribution in [-0.4, -0.2) is 15.1 Å². The van der Waals surface area contributed by atoms with Crippen LogP contribution in [0.4, 0.5) is 0 Å². The Labute approximate surface area is 102 Å². The Morgan fingerprint density at radius 2 is 2.06 bits per heavy atom. The first-order valence-corrected chi connectivity index (χ1v) is 5.82. The summed E-state index contributed by atoms with van der Waals surface area (Å²) in [5, 5.41) is 10.2. The lowest BCUT2D eigenvalue weighted by Crippen LogP contribution is -2.05. The number of nitrogens with one attached hydrogen (secondary N) is 1. The minimum Gasteiger partial charge on any atom is -0.386 e. The average Bonchev–Trinajstić information content (AvgIpc) is 2.68. The van der Waals surface area contributed by atoms with Gasteiger partial charge in [0.2, 0.25) is 0 Å². The molecule has 2 N–H and O–H groups in total. The SMILES string of the molecule is Cc1ccc(CC(O)c2nc[nH]c2C)c(C)c1. The van der Waals surface area contributed by atoms with Gasteiger partial charge in [0.15, 0.2) is 0 Å². The lowest BCUT2D eigenvalue weighted by atomic mass is 9.99. The van der Waals surface area contributed by atoms with Crippen molar-refractivity contribution in [2.75, 3.05) is 0 Å². The van der Waals surface area contributed by atoms with Gasteiger partial charge in [0, 0.05) is 12.1 Å². The number of hydrogen-bond donors (Lipinski definition) is 2. The van der Waals surface area contributed by atoms with E-state index in [1.165, 1.54) is 16.7 Å². The zero-order valence-corrected chi connectivity index (χ0v) is 10.5. The predicted molar refractivity (Wildman–Crippen MR) is 67.9 cm³/mol. The summed E-state index contributed by atoms with van der Waals surface area (Å²) in [4.78, 5) is 7.14. The number of aliphatic hydroxyl groups excluding tert-OH is 1. The molecule has 1 atom stereocenters. The molecule has 1 unspecified atom stereocenters. The number of H-pyrrole nitrogens is 1. The first-order valence-electron chi connectivity index (χ1n) is 5.82. The van der Waals surface area contributed by atoms with Gasteiger partial charge < -0.3 is 10.1 Å². The second kappa shape index (κ2) is 4.72. The molecule has 0 spiro atoms. The number of hydrogen-bond acceptors (Lipinski definition) is 2. The monoisotopic (exact) mass is 230 g/mol. The van der Waals surface area contributed by atoms with Crippen LogP contribution in [0.25, 0.3) is 0 Å². The Balaban J connectivity index is 2.19. The Morgan fingerprint density at radius 1 is 1.29 bits per heavy atom. The van der Waals surface area contributed by atoms with Crippen molar-refractivity contribution in [1.82, 2.24) is 9.97 Å². The lowest BCUT2D eigenvalue weighted by molar-refractivity contribution is 0.173. The summed E-state index contributed by atoms with van der Waals surface area (Å²) in [5.74, 6) is 0. The van der Waals surface area contributed by atoms with Crippen molar-refractivity contribution in [2.24, 2.45) is 0 Å². The van der Waals surface area contributed by atoms with Crippen molar-refractivity contribution < 1.29 is 5.11 Å². The number of aliphatic hydroxyl groups is 1. The van der Waals surface area contributed by atoms with Gasteiger partial charge >= 0.3 is 0 Å². The van der Waals surface area contributed by atoms with E-state index < -0.39 is 6.10 Å². The van der Waals surface area contributed by atoms with E-state index in [0.717, 1.165) is 11.4 Å². The number of benzene rings is 1. The molecule has 0 aliphatic heterocycles. The second-order valence-corrected chi connectivity index (χ2v) is 4.56. The maximum Gasteiger partial charge on any atom is 0.102 e. The molecule has 0 amide bonds. The smallest absolute Gasteiger partial charge is 0.102 e. The number of aromatic amines is 1. The molecule has 1 aromatic heterocycles. The minimum absolute atomic E-state index is 0.539. The summed E-state index contributed by atoms with van der Waals surface area (Å²) in [6, 6.07) is 6.29. The highest BCUT2D eigenvalue weighted by Gasteiger charge is 2.14. The number of nitrogens with zero attached hydrogens (tertiary/aromatic N) is 1. The van der Waals surface area contributed by atoms with E-state index in [9.17, 15) is 5.11 Å². The summed E-state index contributed by atoms with van der Waals surface area (Å²) >= 11 is 0. The van der Waals surface area contributed by atoms with Gasteiger partial charge in [-0.05, 0) is 31.9 Å². The maximum absolute atomic E-state index is 10.2. The van der Waals surface area contributed by atoms with Crippen molar-refractivity contribution in [3.63, 3.8) is 0 Å². The molecule has 1 heterocycles. The van der Waals surface area contributed by atoms with Gasteiger partial charge in [0.25, 0.3) is 0 Å². The fraction of sp³-hybridized carbons (Fsp3) is 0.357. The fourth-order valence-corrected chi connectivity index (χ4v) is 2.09. The largest absolute Gasteiger partial charge is 0.386 e. The molecule has 0 saturated heterocycles. The van der Waals surface area contributed by atoms with Crippen LogP contribution in [0.3, 0.4) is 0 Å². The van der Waals surface area contributed by atoms with Crippen LogP contribution >= 0.6 is 0 Å². The van der Waals surface area contributed by atoms with Crippen LogP contribution in [0, 0.1) is 20.8 Å². The van der Waals surface area contributed by atoms with E-state index in [0.29, 0.717) is 6.42 Å². The zero-order valence-electron chi connectivity index (χ0n) is 10.5. The summed E-state index contributed by atoms with van der Waals surface area (Å²) in [7, 11) is 0. The van der Waals surface area contributed by atoms with E-state index in [2.05, 4.69) is 42.0 Å². The molecule has 90 valence electrons. The Hall–Kier alpha value is -1.61. The van der Waals surface area contributed by atoms with Crippen molar-refractivity contribution >= 4 is 0 Å². The van der Waals surface area contributed by atoms with Crippen LogP contribution < -0.4 is 0 Å². The van der Waals surface area contributed by atoms with Crippen molar-refractivity contribution in [3.05, 3.63) is 52.6 Å². The molecular weight excluding hydrogens is 212 g/mol. The highest BCUT2D eigenvalue weighted by molar-refractivity contribution is 5.31. The third-order valence-corrected chi connectivity index (χ3v) is 3.10. The van der Waals surface area contributed by atoms with E-state index in [-0.39, 0.29) is 0 Å². The first-order chi connectivity index (χ1) is 8.08. The highest BCUT2D eigenvalue weighted by atomic mass is 16.3. The molecule has 3 heteroatoms. The first kappa shape index (κ1) is 11.9. The standard InChI is InChI=1S/C14H18N2O/c1-9-4-5-12(10(2)6-9)7-13(17)14-11(3)15-8-16-14/h4-6,8,13,17H,7H2,1-3H3,(H,15,16). The second-order valence-electron chi connectivity index (χ2n) is 4.56. The highest BCUT2D eigenvalue weighted by Crippen LogP contribution is 2.21. The van der Waals surface area contributed by atoms with E-state index >= 15 is 0 Å². The number of imidazole rings is 1. The van der Waals surface area contributed by atoms with Crippen molar-refractivity contribution in [1.29, 1.82) is 0 Å². The topological polar surface area (TPSA) is 48.9 Å². The molecule has 2 rings (SSSR count). The van der Waals surface area contributed by atoms with Crippen molar-refractivity contribution in [2.45, 2.75) is 33.3 Å². The Bertz CT molecular complexity index is 517. The molecule has 0 fully saturated rings. The molecule has 3 nitrogen and oxygen atoms in total. The van der Waals surface area contributed by atoms with Crippen LogP contribution in [0.5, 0.6) is 0 Å². The molecule has 0 aliphatic carbocycles. The van der Waals surface area contributed by atoms with Gasteiger partial charge in [-0.3, -0.25) is 0 Å². The van der Waals surface area contributed by atoms with E-state index in [1.54, 1.807) is 6.33 Å². The van der Waals surface area contributed by atoms with Gasteiger partial charge in [-0.2, -0.15) is 0 Å². The summed E-state index contributed by atoms with van der Waals surface area (Å²) in [6.45, 7) is 6.07. The third kappa shape index (κ3) is 2.56. The minimum atomic E-state index is -0.539. The molecule has 1 aromatic carbocycles. The van der Waals surface area contributed by atoms with Crippen molar-refractivity contribution in [3.8, 4) is 0 Å². The van der Waals surface area contributed by atoms with Crippen LogP contribution in [-0.2, 0) is 6.42 Å². The number of rotatable bonds is 3. The Kier molecular flexibility index (Phi) is 3.29. The maximum atomic E-state index is 10.2. The molecule has 0 bridgehead atoms. The van der Waals surface area contributed by atoms with E-state index in [4.69, 9.17) is 0 Å². The zero-order chi connectivity index (χ0) is 12.4. The number of aromatic nitrogens is 2. The molecule has 0 aliphatic rings. The Morgan fingerprint density at radius 3 is 2.65 bits per heavy atom. The van der Waals surface area contributed by atoms with Gasteiger partial charge in [-0.25, -0.2) is 4.98 Å². The van der Waals surface area contributed by atoms with Crippen LogP contribution in [0.2, 0.25) is 0 Å². The molecule has 17 heavy (non-hydrogen) atoms. The van der Waals surface area contributed by atoms with Crippen LogP contribution in [0.15, 0.2) is 24.5 Å². The summed E-state index contributed by atoms with van der Waals surface area (Å²) in [6.07, 6.45) is 1.69. The van der Waals surface area contributed by atoms with E-state index in [1.807, 2.05) is 6.92 Å². The van der Waals surface area contributed by atoms with Gasteiger partial charge in [-0.1, -0.05) is 23.8 Å². The molecular formula is C14H18N2O. The molecule has 2 aromatic rings. The predicted octanol–water partition coefficient (Wildman–Crippen LogP) is 2.61. The molecule has 0 saturated carbocycles. The molecule has 0 radical (unpaired) electrons. The van der Waals surface area contributed by atoms with Gasteiger partial charge in [-0.15, -0.1) is 0 Å². The normalized spacial score (nSPS) is 12.7. The third-order valence-electron chi connectivity index (χ3n) is 3.10. The van der Waals surface area contributed by atoms with Gasteiger partial charge in [0.05, 0.1) is 12.0 Å². The van der Waals surface area contributed by atoms with Crippen LogP contribution in [0.1, 0.15) is 34.2 Å². The fourth-order valence-electron chi connectivity index (χ4n) is 2.09. The summed E-state index contributed by atoms with van der Waals surface area (Å²) in [5.41, 5.74) is 5.31. The average molecular weight is 230 g/mol. The van der Waals surface area contributed by atoms with Gasteiger partial charge in [0.1, 0.15) is 6.10 Å². The quantitative estimate of drug-likeness (QED) is 0.851. The number of aryl methyl sites for hydroxylation is 3. The summed E-state index contributed by atoms with van der Waals surface area (Å²) < 4.78 is 0. The lowest BCUT2D eigenvalue weighted by Gasteiger charge is -2.12.